The van der Waals surface area contributed by atoms with E-state index in [0.717, 1.165) is 16.2 Å². The molecule has 2 amide bonds. The first-order valence-electron chi connectivity index (χ1n) is 7.95. The van der Waals surface area contributed by atoms with Gasteiger partial charge in [-0.25, -0.2) is 0 Å². The normalized spacial score (nSPS) is 10.3. The average Bonchev–Trinajstić information content (AvgIpc) is 2.64. The van der Waals surface area contributed by atoms with Crippen LogP contribution in [0.25, 0.3) is 0 Å². The molecule has 0 aliphatic carbocycles. The lowest BCUT2D eigenvalue weighted by molar-refractivity contribution is -0.129. The molecule has 0 aliphatic rings. The average molecular weight is 358 g/mol. The molecule has 2 N–H and O–H groups in total. The van der Waals surface area contributed by atoms with Crippen molar-refractivity contribution in [2.45, 2.75) is 17.9 Å². The first-order valence-corrected chi connectivity index (χ1v) is 8.94. The van der Waals surface area contributed by atoms with Crippen LogP contribution in [0.4, 0.5) is 0 Å². The number of ether oxygens (including phenoxy) is 1. The highest BCUT2D eigenvalue weighted by Crippen LogP contribution is 2.22. The quantitative estimate of drug-likeness (QED) is 0.700. The first-order chi connectivity index (χ1) is 12.1. The van der Waals surface area contributed by atoms with Crippen molar-refractivity contribution in [3.8, 4) is 5.75 Å². The van der Waals surface area contributed by atoms with Crippen LogP contribution in [0.5, 0.6) is 5.75 Å². The molecule has 0 spiro atoms. The van der Waals surface area contributed by atoms with Gasteiger partial charge in [-0.1, -0.05) is 30.3 Å². The number of thioether (sulfide) groups is 1. The van der Waals surface area contributed by atoms with E-state index >= 15 is 0 Å². The molecule has 25 heavy (non-hydrogen) atoms. The highest BCUT2D eigenvalue weighted by molar-refractivity contribution is 8.00. The highest BCUT2D eigenvalue weighted by atomic mass is 32.2. The predicted octanol–water partition coefficient (Wildman–Crippen LogP) is 2.69. The van der Waals surface area contributed by atoms with E-state index in [1.165, 1.54) is 11.8 Å². The molecule has 0 fully saturated rings. The number of hydrogen-bond acceptors (Lipinski definition) is 4. The van der Waals surface area contributed by atoms with Crippen molar-refractivity contribution in [3.63, 3.8) is 0 Å². The standard InChI is InChI=1S/C19H22N2O3S/c1-24-16-7-9-17(10-8-16)25-14-19(23)21(12-11-18(20)22)13-15-5-3-2-4-6-15/h2-10H,11-14H2,1H3,(H2,20,22). The van der Waals surface area contributed by atoms with Crippen LogP contribution >= 0.6 is 11.8 Å². The molecule has 0 saturated carbocycles. The molecule has 0 atom stereocenters. The van der Waals surface area contributed by atoms with Crippen LogP contribution in [0.2, 0.25) is 0 Å². The van der Waals surface area contributed by atoms with Gasteiger partial charge in [0.05, 0.1) is 12.9 Å². The van der Waals surface area contributed by atoms with Crippen molar-refractivity contribution in [1.82, 2.24) is 4.90 Å². The van der Waals surface area contributed by atoms with Gasteiger partial charge < -0.3 is 15.4 Å². The topological polar surface area (TPSA) is 72.6 Å². The number of nitrogens with zero attached hydrogens (tertiary/aromatic N) is 1. The van der Waals surface area contributed by atoms with Crippen LogP contribution in [0, 0.1) is 0 Å². The number of nitrogens with two attached hydrogens (primary N) is 1. The Labute approximate surface area is 152 Å². The number of carbonyl (C=O) groups excluding carboxylic acids is 2. The lowest BCUT2D eigenvalue weighted by atomic mass is 10.2. The van der Waals surface area contributed by atoms with Gasteiger partial charge in [0.2, 0.25) is 11.8 Å². The van der Waals surface area contributed by atoms with Crippen LogP contribution in [-0.2, 0) is 16.1 Å². The lowest BCUT2D eigenvalue weighted by Gasteiger charge is -2.22. The maximum atomic E-state index is 12.6. The fourth-order valence-corrected chi connectivity index (χ4v) is 3.05. The predicted molar refractivity (Wildman–Crippen MR) is 99.4 cm³/mol. The Morgan fingerprint density at radius 3 is 2.36 bits per heavy atom. The van der Waals surface area contributed by atoms with Gasteiger partial charge in [-0.15, -0.1) is 11.8 Å². The molecule has 0 saturated heterocycles. The van der Waals surface area contributed by atoms with Crippen molar-refractivity contribution in [3.05, 3.63) is 60.2 Å². The zero-order valence-corrected chi connectivity index (χ0v) is 15.0. The number of primary amides is 1. The van der Waals surface area contributed by atoms with E-state index < -0.39 is 5.91 Å². The van der Waals surface area contributed by atoms with Gasteiger partial charge in [0.15, 0.2) is 0 Å². The molecule has 0 aliphatic heterocycles. The molecular weight excluding hydrogens is 336 g/mol. The third kappa shape index (κ3) is 6.51. The fourth-order valence-electron chi connectivity index (χ4n) is 2.25. The zero-order valence-electron chi connectivity index (χ0n) is 14.2. The molecule has 0 radical (unpaired) electrons. The molecular formula is C19H22N2O3S. The molecule has 0 aromatic heterocycles. The van der Waals surface area contributed by atoms with Gasteiger partial charge in [-0.2, -0.15) is 0 Å². The summed E-state index contributed by atoms with van der Waals surface area (Å²) in [6.07, 6.45) is 0.159. The summed E-state index contributed by atoms with van der Waals surface area (Å²) in [4.78, 5) is 26.3. The smallest absolute Gasteiger partial charge is 0.233 e. The summed E-state index contributed by atoms with van der Waals surface area (Å²) in [5.41, 5.74) is 6.26. The maximum absolute atomic E-state index is 12.6. The second-order valence-electron chi connectivity index (χ2n) is 5.48. The van der Waals surface area contributed by atoms with Crippen LogP contribution in [0.3, 0.4) is 0 Å². The molecule has 0 bridgehead atoms. The molecule has 6 heteroatoms. The summed E-state index contributed by atoms with van der Waals surface area (Å²) < 4.78 is 5.13. The largest absolute Gasteiger partial charge is 0.497 e. The minimum Gasteiger partial charge on any atom is -0.497 e. The van der Waals surface area contributed by atoms with E-state index in [0.29, 0.717) is 18.8 Å². The first kappa shape index (κ1) is 18.9. The summed E-state index contributed by atoms with van der Waals surface area (Å²) in [5, 5.41) is 0. The molecule has 2 rings (SSSR count). The number of benzene rings is 2. The lowest BCUT2D eigenvalue weighted by Crippen LogP contribution is -2.34. The zero-order chi connectivity index (χ0) is 18.1. The Morgan fingerprint density at radius 1 is 1.08 bits per heavy atom. The van der Waals surface area contributed by atoms with Gasteiger partial charge >= 0.3 is 0 Å². The van der Waals surface area contributed by atoms with Crippen LogP contribution < -0.4 is 10.5 Å². The molecule has 0 heterocycles. The Kier molecular flexibility index (Phi) is 7.35. The number of carbonyl (C=O) groups is 2. The Balaban J connectivity index is 1.96. The van der Waals surface area contributed by atoms with Gasteiger partial charge in [-0.3, -0.25) is 9.59 Å². The summed E-state index contributed by atoms with van der Waals surface area (Å²) >= 11 is 1.46. The van der Waals surface area contributed by atoms with Gasteiger partial charge in [-0.05, 0) is 29.8 Å². The molecule has 5 nitrogen and oxygen atoms in total. The van der Waals surface area contributed by atoms with Gasteiger partial charge in [0.25, 0.3) is 0 Å². The van der Waals surface area contributed by atoms with E-state index in [1.807, 2.05) is 54.6 Å². The number of hydrogen-bond donors (Lipinski definition) is 1. The molecule has 0 unspecified atom stereocenters. The second kappa shape index (κ2) is 9.74. The third-order valence-corrected chi connectivity index (χ3v) is 4.62. The maximum Gasteiger partial charge on any atom is 0.233 e. The van der Waals surface area contributed by atoms with E-state index in [9.17, 15) is 9.59 Å². The fraction of sp³-hybridized carbons (Fsp3) is 0.263. The third-order valence-electron chi connectivity index (χ3n) is 3.62. The summed E-state index contributed by atoms with van der Waals surface area (Å²) in [6, 6.07) is 17.3. The summed E-state index contributed by atoms with van der Waals surface area (Å²) in [7, 11) is 1.62. The molecule has 2 aromatic rings. The molecule has 132 valence electrons. The van der Waals surface area contributed by atoms with E-state index in [-0.39, 0.29) is 12.3 Å². The van der Waals surface area contributed by atoms with Crippen molar-refractivity contribution in [2.24, 2.45) is 5.73 Å². The van der Waals surface area contributed by atoms with Crippen LogP contribution in [-0.4, -0.2) is 36.1 Å². The van der Waals surface area contributed by atoms with Gasteiger partial charge in [0, 0.05) is 24.4 Å². The summed E-state index contributed by atoms with van der Waals surface area (Å²) in [6.45, 7) is 0.794. The van der Waals surface area contributed by atoms with Crippen LogP contribution in [0.1, 0.15) is 12.0 Å². The number of rotatable bonds is 9. The number of amides is 2. The minimum atomic E-state index is -0.409. The van der Waals surface area contributed by atoms with Crippen LogP contribution in [0.15, 0.2) is 59.5 Å². The van der Waals surface area contributed by atoms with Crippen molar-refractivity contribution in [2.75, 3.05) is 19.4 Å². The van der Waals surface area contributed by atoms with Crippen molar-refractivity contribution >= 4 is 23.6 Å². The Morgan fingerprint density at radius 2 is 1.76 bits per heavy atom. The van der Waals surface area contributed by atoms with Crippen molar-refractivity contribution < 1.29 is 14.3 Å². The Hall–Kier alpha value is -2.47. The van der Waals surface area contributed by atoms with E-state index in [1.54, 1.807) is 12.0 Å². The number of methoxy groups -OCH3 is 1. The minimum absolute atomic E-state index is 0.0223. The van der Waals surface area contributed by atoms with Crippen molar-refractivity contribution in [1.29, 1.82) is 0 Å². The molecule has 2 aromatic carbocycles. The summed E-state index contributed by atoms with van der Waals surface area (Å²) in [5.74, 6) is 0.653. The highest BCUT2D eigenvalue weighted by Gasteiger charge is 2.15. The Bertz CT molecular complexity index is 690. The van der Waals surface area contributed by atoms with E-state index in [2.05, 4.69) is 0 Å². The SMILES string of the molecule is COc1ccc(SCC(=O)N(CCC(N)=O)Cc2ccccc2)cc1. The monoisotopic (exact) mass is 358 g/mol. The second-order valence-corrected chi connectivity index (χ2v) is 6.53. The van der Waals surface area contributed by atoms with Gasteiger partial charge in [0.1, 0.15) is 5.75 Å². The van der Waals surface area contributed by atoms with E-state index in [4.69, 9.17) is 10.5 Å².